The first-order chi connectivity index (χ1) is 11.5. The summed E-state index contributed by atoms with van der Waals surface area (Å²) in [5.41, 5.74) is -0.955. The zero-order chi connectivity index (χ0) is 16.9. The molecule has 6 heteroatoms. The van der Waals surface area contributed by atoms with Crippen molar-refractivity contribution in [2.24, 2.45) is 0 Å². The van der Waals surface area contributed by atoms with Crippen molar-refractivity contribution >= 4 is 23.4 Å². The van der Waals surface area contributed by atoms with Crippen molar-refractivity contribution in [2.45, 2.75) is 12.1 Å². The van der Waals surface area contributed by atoms with Crippen LogP contribution in [0, 0.1) is 0 Å². The Morgan fingerprint density at radius 1 is 0.917 bits per heavy atom. The van der Waals surface area contributed by atoms with E-state index in [4.69, 9.17) is 0 Å². The second-order valence-electron chi connectivity index (χ2n) is 5.86. The number of fused-ring (bicyclic) bond motifs is 2. The lowest BCUT2D eigenvalue weighted by molar-refractivity contribution is -0.127. The van der Waals surface area contributed by atoms with Gasteiger partial charge < -0.3 is 5.32 Å². The van der Waals surface area contributed by atoms with Crippen molar-refractivity contribution in [3.8, 4) is 0 Å². The first kappa shape index (κ1) is 14.6. The number of imide groups is 1. The maximum atomic E-state index is 15.3. The van der Waals surface area contributed by atoms with Gasteiger partial charge in [0.2, 0.25) is 5.67 Å². The quantitative estimate of drug-likeness (QED) is 0.882. The van der Waals surface area contributed by atoms with E-state index in [1.54, 1.807) is 42.5 Å². The number of hydrogen-bond acceptors (Lipinski definition) is 3. The van der Waals surface area contributed by atoms with E-state index in [-0.39, 0.29) is 18.5 Å². The van der Waals surface area contributed by atoms with E-state index in [2.05, 4.69) is 5.32 Å². The number of nitrogens with one attached hydrogen (secondary N) is 1. The Bertz CT molecular complexity index is 860. The molecule has 1 N–H and O–H groups in total. The van der Waals surface area contributed by atoms with Crippen LogP contribution in [-0.4, -0.2) is 29.2 Å². The number of carbonyl (C=O) groups excluding carboxylic acids is 3. The van der Waals surface area contributed by atoms with Crippen LogP contribution in [-0.2, 0) is 10.5 Å². The van der Waals surface area contributed by atoms with Gasteiger partial charge in [-0.1, -0.05) is 30.3 Å². The molecule has 0 saturated heterocycles. The summed E-state index contributed by atoms with van der Waals surface area (Å²) in [6.45, 7) is -0.162. The molecule has 1 atom stereocenters. The van der Waals surface area contributed by atoms with Gasteiger partial charge in [-0.05, 0) is 18.2 Å². The molecule has 0 bridgehead atoms. The van der Waals surface area contributed by atoms with Crippen LogP contribution in [0.25, 0.3) is 0 Å². The molecule has 0 spiro atoms. The van der Waals surface area contributed by atoms with E-state index >= 15 is 4.39 Å². The lowest BCUT2D eigenvalue weighted by Crippen LogP contribution is -2.37. The maximum Gasteiger partial charge on any atom is 0.266 e. The molecule has 0 radical (unpaired) electrons. The number of halogens is 1. The molecule has 0 aromatic heterocycles. The highest BCUT2D eigenvalue weighted by atomic mass is 19.1. The molecule has 2 aliphatic rings. The molecule has 0 saturated carbocycles. The van der Waals surface area contributed by atoms with Crippen LogP contribution >= 0.6 is 0 Å². The van der Waals surface area contributed by atoms with Gasteiger partial charge >= 0.3 is 0 Å². The molecular formula is C18H13FN2O3. The van der Waals surface area contributed by atoms with E-state index in [1.165, 1.54) is 6.07 Å². The summed E-state index contributed by atoms with van der Waals surface area (Å²) in [4.78, 5) is 37.7. The minimum absolute atomic E-state index is 0.162. The predicted molar refractivity (Wildman–Crippen MR) is 84.3 cm³/mol. The van der Waals surface area contributed by atoms with Gasteiger partial charge in [0.25, 0.3) is 17.7 Å². The van der Waals surface area contributed by atoms with Crippen LogP contribution in [0.4, 0.5) is 10.1 Å². The van der Waals surface area contributed by atoms with Gasteiger partial charge in [-0.15, -0.1) is 0 Å². The standard InChI is InChI=1S/C18H13FN2O3/c19-18(13-7-3-4-8-14(13)20-17(18)24)9-10-21-15(22)11-5-1-2-6-12(11)16(21)23/h1-8H,9-10H2,(H,20,24). The Hall–Kier alpha value is -3.02. The van der Waals surface area contributed by atoms with E-state index in [0.717, 1.165) is 4.90 Å². The number of hydrogen-bond donors (Lipinski definition) is 1. The normalized spacial score (nSPS) is 21.7. The third kappa shape index (κ3) is 1.89. The molecule has 2 heterocycles. The SMILES string of the molecule is O=C1c2ccccc2C(=O)N1CCC1(F)C(=O)Nc2ccccc21. The molecule has 1 unspecified atom stereocenters. The first-order valence-electron chi connectivity index (χ1n) is 7.57. The van der Waals surface area contributed by atoms with Crippen molar-refractivity contribution in [1.29, 1.82) is 0 Å². The number of anilines is 1. The summed E-state index contributed by atoms with van der Waals surface area (Å²) < 4.78 is 15.3. The van der Waals surface area contributed by atoms with Crippen LogP contribution in [0.3, 0.4) is 0 Å². The predicted octanol–water partition coefficient (Wildman–Crippen LogP) is 2.49. The van der Waals surface area contributed by atoms with Crippen molar-refractivity contribution in [1.82, 2.24) is 4.90 Å². The number of alkyl halides is 1. The van der Waals surface area contributed by atoms with Crippen LogP contribution < -0.4 is 5.32 Å². The zero-order valence-electron chi connectivity index (χ0n) is 12.6. The number of para-hydroxylation sites is 1. The monoisotopic (exact) mass is 324 g/mol. The van der Waals surface area contributed by atoms with E-state index < -0.39 is 23.4 Å². The second kappa shape index (κ2) is 4.99. The van der Waals surface area contributed by atoms with Gasteiger partial charge in [-0.2, -0.15) is 0 Å². The van der Waals surface area contributed by atoms with Crippen molar-refractivity contribution in [3.63, 3.8) is 0 Å². The molecule has 5 nitrogen and oxygen atoms in total. The van der Waals surface area contributed by atoms with E-state index in [1.807, 2.05) is 0 Å². The fourth-order valence-corrected chi connectivity index (χ4v) is 3.24. The Labute approximate surface area is 137 Å². The highest BCUT2D eigenvalue weighted by Crippen LogP contribution is 2.41. The second-order valence-corrected chi connectivity index (χ2v) is 5.86. The van der Waals surface area contributed by atoms with Gasteiger partial charge in [-0.3, -0.25) is 19.3 Å². The Balaban J connectivity index is 1.59. The lowest BCUT2D eigenvalue weighted by Gasteiger charge is -2.21. The third-order valence-electron chi connectivity index (χ3n) is 4.52. The highest BCUT2D eigenvalue weighted by molar-refractivity contribution is 6.21. The van der Waals surface area contributed by atoms with Gasteiger partial charge in [0, 0.05) is 24.2 Å². The van der Waals surface area contributed by atoms with Crippen LogP contribution in [0.5, 0.6) is 0 Å². The minimum atomic E-state index is -2.24. The maximum absolute atomic E-state index is 15.3. The van der Waals surface area contributed by atoms with Crippen molar-refractivity contribution in [2.75, 3.05) is 11.9 Å². The molecule has 0 fully saturated rings. The molecule has 120 valence electrons. The number of carbonyl (C=O) groups is 3. The third-order valence-corrected chi connectivity index (χ3v) is 4.52. The summed E-state index contributed by atoms with van der Waals surface area (Å²) >= 11 is 0. The van der Waals surface area contributed by atoms with E-state index in [0.29, 0.717) is 16.8 Å². The average Bonchev–Trinajstić information content (AvgIpc) is 2.99. The van der Waals surface area contributed by atoms with Gasteiger partial charge in [0.1, 0.15) is 0 Å². The molecule has 2 aromatic rings. The lowest BCUT2D eigenvalue weighted by atomic mass is 9.93. The molecule has 2 aromatic carbocycles. The smallest absolute Gasteiger partial charge is 0.266 e. The number of amides is 3. The van der Waals surface area contributed by atoms with Crippen LogP contribution in [0.15, 0.2) is 48.5 Å². The molecular weight excluding hydrogens is 311 g/mol. The zero-order valence-corrected chi connectivity index (χ0v) is 12.6. The van der Waals surface area contributed by atoms with Crippen molar-refractivity contribution < 1.29 is 18.8 Å². The van der Waals surface area contributed by atoms with Gasteiger partial charge in [0.15, 0.2) is 0 Å². The molecule has 4 rings (SSSR count). The fourth-order valence-electron chi connectivity index (χ4n) is 3.24. The molecule has 0 aliphatic carbocycles. The summed E-state index contributed by atoms with van der Waals surface area (Å²) in [6, 6.07) is 13.0. The molecule has 3 amide bonds. The van der Waals surface area contributed by atoms with Gasteiger partial charge in [-0.25, -0.2) is 4.39 Å². The topological polar surface area (TPSA) is 66.5 Å². The number of rotatable bonds is 3. The largest absolute Gasteiger partial charge is 0.323 e. The number of benzene rings is 2. The Morgan fingerprint density at radius 3 is 2.17 bits per heavy atom. The Morgan fingerprint density at radius 2 is 1.50 bits per heavy atom. The van der Waals surface area contributed by atoms with E-state index in [9.17, 15) is 14.4 Å². The summed E-state index contributed by atoms with van der Waals surface area (Å²) in [7, 11) is 0. The summed E-state index contributed by atoms with van der Waals surface area (Å²) in [5.74, 6) is -1.67. The summed E-state index contributed by atoms with van der Waals surface area (Å²) in [6.07, 6.45) is -0.276. The van der Waals surface area contributed by atoms with Crippen LogP contribution in [0.2, 0.25) is 0 Å². The average molecular weight is 324 g/mol. The van der Waals surface area contributed by atoms with Crippen molar-refractivity contribution in [3.05, 3.63) is 65.2 Å². The highest BCUT2D eigenvalue weighted by Gasteiger charge is 2.48. The summed E-state index contributed by atoms with van der Waals surface area (Å²) in [5, 5.41) is 2.50. The Kier molecular flexibility index (Phi) is 3.03. The number of nitrogens with zero attached hydrogens (tertiary/aromatic N) is 1. The minimum Gasteiger partial charge on any atom is -0.323 e. The van der Waals surface area contributed by atoms with Gasteiger partial charge in [0.05, 0.1) is 11.1 Å². The molecule has 24 heavy (non-hydrogen) atoms. The van der Waals surface area contributed by atoms with Crippen LogP contribution in [0.1, 0.15) is 32.7 Å². The molecule has 2 aliphatic heterocycles. The fraction of sp³-hybridized carbons (Fsp3) is 0.167. The first-order valence-corrected chi connectivity index (χ1v) is 7.57.